The lowest BCUT2D eigenvalue weighted by atomic mass is 10.1. The molecule has 1 aromatic carbocycles. The van der Waals surface area contributed by atoms with Crippen LogP contribution in [0.25, 0.3) is 10.8 Å². The summed E-state index contributed by atoms with van der Waals surface area (Å²) in [5.74, 6) is 3.75. The Labute approximate surface area is 196 Å². The van der Waals surface area contributed by atoms with Gasteiger partial charge in [0.2, 0.25) is 11.9 Å². The zero-order chi connectivity index (χ0) is 22.1. The third-order valence-corrected chi connectivity index (χ3v) is 5.24. The number of halogens is 1. The molecule has 1 saturated heterocycles. The number of nitrogen functional groups attached to an aromatic ring is 1. The van der Waals surface area contributed by atoms with Gasteiger partial charge in [-0.3, -0.25) is 4.79 Å². The zero-order valence-corrected chi connectivity index (χ0v) is 19.6. The molecular formula is C21H20IN7OS. The number of carbonyl (C=O) groups is 1. The summed E-state index contributed by atoms with van der Waals surface area (Å²) in [6, 6.07) is 7.87. The minimum absolute atomic E-state index is 0.165. The summed E-state index contributed by atoms with van der Waals surface area (Å²) in [4.78, 5) is 21.9. The SMILES string of the molecule is C=CC(=O)Nc1ccc2c(N3CCCC3)nccc2c1.Nc1ncc(C#CSI)nn1. The van der Waals surface area contributed by atoms with Crippen molar-refractivity contribution in [3.8, 4) is 11.2 Å². The molecule has 0 bridgehead atoms. The van der Waals surface area contributed by atoms with Gasteiger partial charge in [-0.1, -0.05) is 6.58 Å². The van der Waals surface area contributed by atoms with E-state index in [9.17, 15) is 4.79 Å². The van der Waals surface area contributed by atoms with E-state index in [1.54, 1.807) is 0 Å². The van der Waals surface area contributed by atoms with Gasteiger partial charge in [-0.15, -0.1) is 10.2 Å². The number of fused-ring (bicyclic) bond motifs is 1. The Morgan fingerprint density at radius 2 is 2.06 bits per heavy atom. The molecule has 4 rings (SSSR count). The van der Waals surface area contributed by atoms with Gasteiger partial charge in [0.25, 0.3) is 0 Å². The van der Waals surface area contributed by atoms with Crippen LogP contribution in [0.15, 0.2) is 49.3 Å². The molecule has 0 atom stereocenters. The van der Waals surface area contributed by atoms with Crippen LogP contribution < -0.4 is 16.0 Å². The van der Waals surface area contributed by atoms with Crippen molar-refractivity contribution in [2.75, 3.05) is 29.0 Å². The molecular weight excluding hydrogens is 525 g/mol. The average molecular weight is 545 g/mol. The molecule has 8 nitrogen and oxygen atoms in total. The smallest absolute Gasteiger partial charge is 0.247 e. The second kappa shape index (κ2) is 11.5. The van der Waals surface area contributed by atoms with Crippen LogP contribution in [0.4, 0.5) is 17.5 Å². The molecule has 0 radical (unpaired) electrons. The summed E-state index contributed by atoms with van der Waals surface area (Å²) in [5.41, 5.74) is 6.53. The Hall–Kier alpha value is -2.91. The minimum Gasteiger partial charge on any atom is -0.366 e. The number of hydrogen-bond acceptors (Lipinski definition) is 8. The minimum atomic E-state index is -0.196. The number of benzene rings is 1. The van der Waals surface area contributed by atoms with Gasteiger partial charge >= 0.3 is 0 Å². The molecule has 3 aromatic rings. The van der Waals surface area contributed by atoms with Gasteiger partial charge in [0.1, 0.15) is 5.82 Å². The van der Waals surface area contributed by atoms with Crippen molar-refractivity contribution in [2.45, 2.75) is 12.8 Å². The van der Waals surface area contributed by atoms with Gasteiger partial charge < -0.3 is 16.0 Å². The Morgan fingerprint density at radius 3 is 2.74 bits per heavy atom. The second-order valence-corrected chi connectivity index (χ2v) is 8.14. The molecule has 0 unspecified atom stereocenters. The molecule has 2 aromatic heterocycles. The normalized spacial score (nSPS) is 12.4. The monoisotopic (exact) mass is 545 g/mol. The maximum absolute atomic E-state index is 11.3. The predicted molar refractivity (Wildman–Crippen MR) is 135 cm³/mol. The number of pyridine rings is 1. The van der Waals surface area contributed by atoms with Crippen molar-refractivity contribution in [1.29, 1.82) is 0 Å². The van der Waals surface area contributed by atoms with Crippen LogP contribution in [-0.4, -0.2) is 39.2 Å². The van der Waals surface area contributed by atoms with Crippen LogP contribution >= 0.6 is 30.1 Å². The molecule has 3 heterocycles. The lowest BCUT2D eigenvalue weighted by Gasteiger charge is -2.18. The van der Waals surface area contributed by atoms with Gasteiger partial charge in [-0.2, -0.15) is 0 Å². The third kappa shape index (κ3) is 6.53. The molecule has 1 amide bonds. The van der Waals surface area contributed by atoms with E-state index >= 15 is 0 Å². The van der Waals surface area contributed by atoms with Gasteiger partial charge in [0.15, 0.2) is 5.69 Å². The van der Waals surface area contributed by atoms with Gasteiger partial charge in [0, 0.05) is 51.6 Å². The zero-order valence-electron chi connectivity index (χ0n) is 16.6. The molecule has 1 aliphatic rings. The van der Waals surface area contributed by atoms with Crippen molar-refractivity contribution in [3.05, 3.63) is 55.0 Å². The van der Waals surface area contributed by atoms with Crippen molar-refractivity contribution in [1.82, 2.24) is 20.2 Å². The molecule has 10 heteroatoms. The summed E-state index contributed by atoms with van der Waals surface area (Å²) >= 11 is 2.07. The predicted octanol–water partition coefficient (Wildman–Crippen LogP) is 3.81. The maximum atomic E-state index is 11.3. The summed E-state index contributed by atoms with van der Waals surface area (Å²) in [5, 5.41) is 15.0. The number of aromatic nitrogens is 4. The van der Waals surface area contributed by atoms with Gasteiger partial charge in [-0.05, 0) is 68.7 Å². The summed E-state index contributed by atoms with van der Waals surface area (Å²) in [6.07, 6.45) is 7.04. The lowest BCUT2D eigenvalue weighted by Crippen LogP contribution is -2.19. The van der Waals surface area contributed by atoms with Crippen molar-refractivity contribution in [2.24, 2.45) is 0 Å². The molecule has 0 saturated carbocycles. The Bertz CT molecular complexity index is 1120. The Kier molecular flexibility index (Phi) is 8.43. The third-order valence-electron chi connectivity index (χ3n) is 4.40. The summed E-state index contributed by atoms with van der Waals surface area (Å²) < 4.78 is 0. The molecule has 1 aliphatic heterocycles. The number of anilines is 3. The molecule has 1 fully saturated rings. The summed E-state index contributed by atoms with van der Waals surface area (Å²) in [6.45, 7) is 5.60. The van der Waals surface area contributed by atoms with Crippen LogP contribution in [0.3, 0.4) is 0 Å². The molecule has 158 valence electrons. The number of amides is 1. The average Bonchev–Trinajstić information content (AvgIpc) is 3.33. The van der Waals surface area contributed by atoms with Crippen LogP contribution in [0.1, 0.15) is 18.5 Å². The van der Waals surface area contributed by atoms with E-state index in [2.05, 4.69) is 69.3 Å². The number of nitrogens with zero attached hydrogens (tertiary/aromatic N) is 5. The standard InChI is InChI=1S/C16H17N3O.C5H3IN4S/c1-2-15(20)18-13-5-6-14-12(11-13)7-8-17-16(14)19-9-3-4-10-19;6-11-2-1-4-3-8-5(7)10-9-4/h2,5-8,11H,1,3-4,9-10H2,(H,18,20);3H,(H2,7,8,10). The fraction of sp³-hybridized carbons (Fsp3) is 0.190. The van der Waals surface area contributed by atoms with E-state index < -0.39 is 0 Å². The maximum Gasteiger partial charge on any atom is 0.247 e. The highest BCUT2D eigenvalue weighted by Gasteiger charge is 2.16. The van der Waals surface area contributed by atoms with E-state index in [0.29, 0.717) is 5.69 Å². The highest BCUT2D eigenvalue weighted by molar-refractivity contribution is 14.2. The summed E-state index contributed by atoms with van der Waals surface area (Å²) in [7, 11) is 1.38. The fourth-order valence-corrected chi connectivity index (χ4v) is 3.50. The first-order valence-electron chi connectivity index (χ1n) is 9.41. The largest absolute Gasteiger partial charge is 0.366 e. The number of rotatable bonds is 3. The quantitative estimate of drug-likeness (QED) is 0.291. The first kappa shape index (κ1) is 22.8. The van der Waals surface area contributed by atoms with E-state index in [4.69, 9.17) is 5.73 Å². The first-order chi connectivity index (χ1) is 15.1. The van der Waals surface area contributed by atoms with E-state index in [1.165, 1.54) is 34.0 Å². The lowest BCUT2D eigenvalue weighted by molar-refractivity contribution is -0.111. The van der Waals surface area contributed by atoms with Crippen LogP contribution in [0.2, 0.25) is 0 Å². The van der Waals surface area contributed by atoms with Crippen molar-refractivity contribution >= 4 is 64.3 Å². The number of nitrogens with one attached hydrogen (secondary N) is 1. The topological polar surface area (TPSA) is 110 Å². The van der Waals surface area contributed by atoms with E-state index in [0.717, 1.165) is 35.4 Å². The molecule has 0 spiro atoms. The Morgan fingerprint density at radius 1 is 1.26 bits per heavy atom. The van der Waals surface area contributed by atoms with Crippen LogP contribution in [-0.2, 0) is 4.79 Å². The highest BCUT2D eigenvalue weighted by Crippen LogP contribution is 2.28. The number of hydrogen-bond donors (Lipinski definition) is 2. The molecule has 3 N–H and O–H groups in total. The van der Waals surface area contributed by atoms with Crippen LogP contribution in [0.5, 0.6) is 0 Å². The highest BCUT2D eigenvalue weighted by atomic mass is 127. The molecule has 31 heavy (non-hydrogen) atoms. The second-order valence-electron chi connectivity index (χ2n) is 6.46. The molecule has 0 aliphatic carbocycles. The Balaban J connectivity index is 0.000000210. The number of carbonyl (C=O) groups excluding carboxylic acids is 1. The van der Waals surface area contributed by atoms with E-state index in [-0.39, 0.29) is 11.9 Å². The fourth-order valence-electron chi connectivity index (χ4n) is 3.03. The van der Waals surface area contributed by atoms with Gasteiger partial charge in [-0.25, -0.2) is 9.97 Å². The van der Waals surface area contributed by atoms with E-state index in [1.807, 2.05) is 30.5 Å². The first-order valence-corrected chi connectivity index (χ1v) is 12.8. The van der Waals surface area contributed by atoms with Crippen molar-refractivity contribution in [3.63, 3.8) is 0 Å². The van der Waals surface area contributed by atoms with Gasteiger partial charge in [0.05, 0.1) is 6.20 Å². The number of nitrogens with two attached hydrogens (primary N) is 1. The van der Waals surface area contributed by atoms with Crippen LogP contribution in [0, 0.1) is 11.2 Å². The van der Waals surface area contributed by atoms with Crippen molar-refractivity contribution < 1.29 is 4.79 Å².